The number of ether oxygens (including phenoxy) is 1. The van der Waals surface area contributed by atoms with Gasteiger partial charge in [-0.15, -0.1) is 0 Å². The van der Waals surface area contributed by atoms with Gasteiger partial charge in [0.1, 0.15) is 0 Å². The monoisotopic (exact) mass is 240 g/mol. The highest BCUT2D eigenvalue weighted by Crippen LogP contribution is 2.39. The van der Waals surface area contributed by atoms with Crippen LogP contribution < -0.4 is 5.32 Å². The summed E-state index contributed by atoms with van der Waals surface area (Å²) in [6, 6.07) is 0. The van der Waals surface area contributed by atoms with Gasteiger partial charge in [0, 0.05) is 38.8 Å². The van der Waals surface area contributed by atoms with E-state index in [0.29, 0.717) is 11.3 Å². The smallest absolute Gasteiger partial charge is 0.226 e. The Morgan fingerprint density at radius 3 is 2.76 bits per heavy atom. The van der Waals surface area contributed by atoms with Crippen molar-refractivity contribution in [2.24, 2.45) is 11.3 Å². The maximum absolute atomic E-state index is 12.2. The highest BCUT2D eigenvalue weighted by Gasteiger charge is 2.41. The quantitative estimate of drug-likeness (QED) is 0.796. The molecule has 2 fully saturated rings. The maximum Gasteiger partial charge on any atom is 0.226 e. The molecule has 0 bridgehead atoms. The van der Waals surface area contributed by atoms with E-state index in [4.69, 9.17) is 4.74 Å². The van der Waals surface area contributed by atoms with E-state index in [9.17, 15) is 4.79 Å². The van der Waals surface area contributed by atoms with Gasteiger partial charge < -0.3 is 15.0 Å². The first kappa shape index (κ1) is 12.8. The summed E-state index contributed by atoms with van der Waals surface area (Å²) in [5.74, 6) is 0.401. The first-order chi connectivity index (χ1) is 8.17. The summed E-state index contributed by atoms with van der Waals surface area (Å²) in [7, 11) is 1.90. The number of carbonyl (C=O) groups excluding carboxylic acids is 1. The molecule has 4 nitrogen and oxygen atoms in total. The number of rotatable bonds is 3. The number of carbonyl (C=O) groups is 1. The third kappa shape index (κ3) is 2.80. The summed E-state index contributed by atoms with van der Waals surface area (Å²) >= 11 is 0. The van der Waals surface area contributed by atoms with Crippen molar-refractivity contribution in [3.05, 3.63) is 0 Å². The average molecular weight is 240 g/mol. The van der Waals surface area contributed by atoms with E-state index in [2.05, 4.69) is 10.2 Å². The number of amides is 1. The summed E-state index contributed by atoms with van der Waals surface area (Å²) in [6.45, 7) is 6.40. The normalized spacial score (nSPS) is 25.2. The van der Waals surface area contributed by atoms with Gasteiger partial charge in [-0.3, -0.25) is 4.79 Å². The molecule has 1 amide bonds. The van der Waals surface area contributed by atoms with Crippen LogP contribution in [0.5, 0.6) is 0 Å². The Bertz CT molecular complexity index is 275. The zero-order valence-corrected chi connectivity index (χ0v) is 11.0. The largest absolute Gasteiger partial charge is 0.381 e. The topological polar surface area (TPSA) is 41.6 Å². The van der Waals surface area contributed by atoms with Crippen LogP contribution in [-0.4, -0.2) is 50.7 Å². The Balaban J connectivity index is 1.90. The number of nitrogens with one attached hydrogen (secondary N) is 1. The zero-order valence-electron chi connectivity index (χ0n) is 11.0. The highest BCUT2D eigenvalue weighted by molar-refractivity contribution is 5.79. The Morgan fingerprint density at radius 1 is 1.41 bits per heavy atom. The second-order valence-electron chi connectivity index (χ2n) is 5.58. The van der Waals surface area contributed by atoms with Crippen molar-refractivity contribution >= 4 is 5.91 Å². The van der Waals surface area contributed by atoms with E-state index < -0.39 is 0 Å². The predicted molar refractivity (Wildman–Crippen MR) is 66.8 cm³/mol. The van der Waals surface area contributed by atoms with E-state index in [-0.39, 0.29) is 5.92 Å². The lowest BCUT2D eigenvalue weighted by atomic mass is 9.80. The minimum atomic E-state index is 0.0926. The van der Waals surface area contributed by atoms with Crippen LogP contribution in [0.15, 0.2) is 0 Å². The molecule has 1 atom stereocenters. The van der Waals surface area contributed by atoms with Crippen molar-refractivity contribution in [3.63, 3.8) is 0 Å². The van der Waals surface area contributed by atoms with Gasteiger partial charge in [0.05, 0.1) is 0 Å². The fourth-order valence-electron chi connectivity index (χ4n) is 3.04. The minimum absolute atomic E-state index is 0.0926. The SMILES string of the molecule is CNCC(C)C(=O)N1CCC2(CCOCC2)C1. The first-order valence-corrected chi connectivity index (χ1v) is 6.68. The van der Waals surface area contributed by atoms with Crippen LogP contribution in [0.1, 0.15) is 26.2 Å². The Kier molecular flexibility index (Phi) is 4.05. The van der Waals surface area contributed by atoms with Crippen molar-refractivity contribution < 1.29 is 9.53 Å². The molecular formula is C13H24N2O2. The molecule has 1 unspecified atom stereocenters. The molecule has 0 radical (unpaired) electrons. The molecule has 0 saturated carbocycles. The summed E-state index contributed by atoms with van der Waals surface area (Å²) in [5.41, 5.74) is 0.368. The molecule has 0 aromatic rings. The highest BCUT2D eigenvalue weighted by atomic mass is 16.5. The second-order valence-corrected chi connectivity index (χ2v) is 5.58. The Hall–Kier alpha value is -0.610. The fourth-order valence-corrected chi connectivity index (χ4v) is 3.04. The third-order valence-electron chi connectivity index (χ3n) is 4.24. The molecule has 2 aliphatic heterocycles. The lowest BCUT2D eigenvalue weighted by Gasteiger charge is -2.33. The van der Waals surface area contributed by atoms with Gasteiger partial charge >= 0.3 is 0 Å². The molecule has 0 aromatic carbocycles. The minimum Gasteiger partial charge on any atom is -0.381 e. The molecule has 2 rings (SSSR count). The number of hydrogen-bond acceptors (Lipinski definition) is 3. The summed E-state index contributed by atoms with van der Waals surface area (Å²) in [6.07, 6.45) is 3.41. The van der Waals surface area contributed by atoms with Crippen LogP contribution in [0.2, 0.25) is 0 Å². The average Bonchev–Trinajstić information content (AvgIpc) is 2.73. The van der Waals surface area contributed by atoms with Crippen LogP contribution in [0.4, 0.5) is 0 Å². The van der Waals surface area contributed by atoms with Crippen molar-refractivity contribution in [1.29, 1.82) is 0 Å². The maximum atomic E-state index is 12.2. The first-order valence-electron chi connectivity index (χ1n) is 6.68. The second kappa shape index (κ2) is 5.36. The lowest BCUT2D eigenvalue weighted by Crippen LogP contribution is -2.39. The lowest BCUT2D eigenvalue weighted by molar-refractivity contribution is -0.134. The van der Waals surface area contributed by atoms with E-state index in [1.165, 1.54) is 0 Å². The molecular weight excluding hydrogens is 216 g/mol. The summed E-state index contributed by atoms with van der Waals surface area (Å²) in [5, 5.41) is 3.08. The molecule has 1 N–H and O–H groups in total. The van der Waals surface area contributed by atoms with Gasteiger partial charge in [-0.25, -0.2) is 0 Å². The molecule has 4 heteroatoms. The van der Waals surface area contributed by atoms with Crippen LogP contribution in [0, 0.1) is 11.3 Å². The molecule has 2 aliphatic rings. The van der Waals surface area contributed by atoms with E-state index in [1.807, 2.05) is 14.0 Å². The van der Waals surface area contributed by atoms with Crippen LogP contribution in [-0.2, 0) is 9.53 Å². The molecule has 0 aromatic heterocycles. The van der Waals surface area contributed by atoms with Crippen molar-refractivity contribution in [1.82, 2.24) is 10.2 Å². The molecule has 0 aliphatic carbocycles. The fraction of sp³-hybridized carbons (Fsp3) is 0.923. The van der Waals surface area contributed by atoms with Gasteiger partial charge in [0.25, 0.3) is 0 Å². The standard InChI is InChI=1S/C13H24N2O2/c1-11(9-14-2)12(16)15-6-3-13(10-15)4-7-17-8-5-13/h11,14H,3-10H2,1-2H3. The van der Waals surface area contributed by atoms with Gasteiger partial charge in [-0.1, -0.05) is 6.92 Å². The van der Waals surface area contributed by atoms with E-state index in [1.54, 1.807) is 0 Å². The molecule has 2 saturated heterocycles. The van der Waals surface area contributed by atoms with Crippen molar-refractivity contribution in [2.75, 3.05) is 39.9 Å². The van der Waals surface area contributed by atoms with Crippen LogP contribution in [0.3, 0.4) is 0 Å². The van der Waals surface area contributed by atoms with Crippen molar-refractivity contribution in [2.45, 2.75) is 26.2 Å². The number of likely N-dealkylation sites (tertiary alicyclic amines) is 1. The van der Waals surface area contributed by atoms with E-state index in [0.717, 1.165) is 52.1 Å². The predicted octanol–water partition coefficient (Wildman–Crippen LogP) is 0.871. The summed E-state index contributed by atoms with van der Waals surface area (Å²) in [4.78, 5) is 14.3. The summed E-state index contributed by atoms with van der Waals surface area (Å²) < 4.78 is 5.42. The Morgan fingerprint density at radius 2 is 2.12 bits per heavy atom. The molecule has 2 heterocycles. The van der Waals surface area contributed by atoms with Gasteiger partial charge in [0.15, 0.2) is 0 Å². The molecule has 1 spiro atoms. The molecule has 17 heavy (non-hydrogen) atoms. The van der Waals surface area contributed by atoms with Crippen LogP contribution >= 0.6 is 0 Å². The van der Waals surface area contributed by atoms with Gasteiger partial charge in [-0.05, 0) is 31.7 Å². The zero-order chi connectivity index (χ0) is 12.3. The number of nitrogens with zero attached hydrogens (tertiary/aromatic N) is 1. The third-order valence-corrected chi connectivity index (χ3v) is 4.24. The molecule has 98 valence electrons. The van der Waals surface area contributed by atoms with Crippen LogP contribution in [0.25, 0.3) is 0 Å². The Labute approximate surface area is 104 Å². The van der Waals surface area contributed by atoms with Gasteiger partial charge in [0.2, 0.25) is 5.91 Å². The van der Waals surface area contributed by atoms with Gasteiger partial charge in [-0.2, -0.15) is 0 Å². The van der Waals surface area contributed by atoms with E-state index >= 15 is 0 Å². The van der Waals surface area contributed by atoms with Crippen molar-refractivity contribution in [3.8, 4) is 0 Å². The number of hydrogen-bond donors (Lipinski definition) is 1.